The van der Waals surface area contributed by atoms with Crippen molar-refractivity contribution in [1.29, 1.82) is 10.5 Å². The van der Waals surface area contributed by atoms with Crippen molar-refractivity contribution >= 4 is 39.9 Å². The number of benzene rings is 2. The summed E-state index contributed by atoms with van der Waals surface area (Å²) in [5.41, 5.74) is 3.65. The van der Waals surface area contributed by atoms with E-state index in [-0.39, 0.29) is 11.2 Å². The van der Waals surface area contributed by atoms with Crippen molar-refractivity contribution in [3.05, 3.63) is 52.0 Å². The number of nitriles is 2. The van der Waals surface area contributed by atoms with Crippen molar-refractivity contribution in [2.45, 2.75) is 63.8 Å². The number of rotatable bonds is 5. The number of anilines is 2. The third kappa shape index (κ3) is 6.96. The molecule has 0 aromatic heterocycles. The van der Waals surface area contributed by atoms with Crippen molar-refractivity contribution in [3.8, 4) is 12.1 Å². The molecule has 3 aliphatic heterocycles. The highest BCUT2D eigenvalue weighted by molar-refractivity contribution is 9.10. The summed E-state index contributed by atoms with van der Waals surface area (Å²) >= 11 is 3.40. The standard InChI is InChI=1S/C19H28BN3O2.C13H16BrN3/c1-18(2)19(3,4)25-20(24-18)15-7-8-17(14(11-15)12-21)23-10-9-16(13-23)22(5)6;1-16(2)12-5-6-17(9-12)13-4-3-11(14)7-10(13)8-15/h7-8,11,16H,9-10,13H2,1-6H3;3-4,7,12H,5-6,9H2,1-2H3. The molecule has 0 N–H and O–H groups in total. The second-order valence-corrected chi connectivity index (χ2v) is 13.9. The van der Waals surface area contributed by atoms with E-state index in [2.05, 4.69) is 75.9 Å². The number of halogens is 1. The van der Waals surface area contributed by atoms with E-state index in [1.165, 1.54) is 0 Å². The van der Waals surface area contributed by atoms with Gasteiger partial charge in [0.05, 0.1) is 33.7 Å². The van der Waals surface area contributed by atoms with Crippen LogP contribution in [0.5, 0.6) is 0 Å². The molecule has 0 aliphatic carbocycles. The molecule has 3 saturated heterocycles. The monoisotopic (exact) mass is 634 g/mol. The van der Waals surface area contributed by atoms with Gasteiger partial charge in [-0.05, 0) is 105 Å². The van der Waals surface area contributed by atoms with Crippen molar-refractivity contribution in [1.82, 2.24) is 9.80 Å². The first-order valence-corrected chi connectivity index (χ1v) is 15.5. The average Bonchev–Trinajstić information content (AvgIpc) is 3.67. The minimum absolute atomic E-state index is 0.378. The van der Waals surface area contributed by atoms with E-state index in [0.29, 0.717) is 17.6 Å². The fourth-order valence-corrected chi connectivity index (χ4v) is 6.04. The fourth-order valence-electron chi connectivity index (χ4n) is 5.68. The topological polar surface area (TPSA) is 79.0 Å². The van der Waals surface area contributed by atoms with Crippen LogP contribution in [0.2, 0.25) is 0 Å². The van der Waals surface area contributed by atoms with Crippen LogP contribution in [0.25, 0.3) is 0 Å². The zero-order valence-corrected chi connectivity index (χ0v) is 27.9. The maximum atomic E-state index is 9.66. The van der Waals surface area contributed by atoms with Crippen LogP contribution in [0, 0.1) is 22.7 Å². The summed E-state index contributed by atoms with van der Waals surface area (Å²) in [4.78, 5) is 9.11. The Morgan fingerprint density at radius 2 is 1.24 bits per heavy atom. The predicted octanol–water partition coefficient (Wildman–Crippen LogP) is 4.46. The molecule has 3 heterocycles. The van der Waals surface area contributed by atoms with Crippen LogP contribution in [0.1, 0.15) is 51.7 Å². The second kappa shape index (κ2) is 13.0. The SMILES string of the molecule is CN(C)C1CCN(c2ccc(B3OC(C)(C)C(C)(C)O3)cc2C#N)C1.CN(C)C1CCN(c2ccc(Br)cc2C#N)C1. The van der Waals surface area contributed by atoms with Crippen LogP contribution in [-0.2, 0) is 9.31 Å². The predicted molar refractivity (Wildman–Crippen MR) is 174 cm³/mol. The molecule has 0 bridgehead atoms. The molecule has 2 unspecified atom stereocenters. The number of likely N-dealkylation sites (N-methyl/N-ethyl adjacent to an activating group) is 2. The van der Waals surface area contributed by atoms with Crippen LogP contribution in [-0.4, -0.2) is 94.6 Å². The van der Waals surface area contributed by atoms with E-state index in [1.807, 2.05) is 64.1 Å². The Balaban J connectivity index is 0.000000208. The Labute approximate surface area is 261 Å². The zero-order chi connectivity index (χ0) is 30.8. The van der Waals surface area contributed by atoms with Gasteiger partial charge in [0, 0.05) is 42.7 Å². The molecule has 0 spiro atoms. The summed E-state index contributed by atoms with van der Waals surface area (Å²) in [7, 11) is 8.02. The van der Waals surface area contributed by atoms with Gasteiger partial charge in [-0.1, -0.05) is 22.0 Å². The first-order valence-electron chi connectivity index (χ1n) is 14.7. The largest absolute Gasteiger partial charge is 0.494 e. The van der Waals surface area contributed by atoms with Crippen LogP contribution in [0.15, 0.2) is 40.9 Å². The van der Waals surface area contributed by atoms with Gasteiger partial charge in [0.2, 0.25) is 0 Å². The Kier molecular flexibility index (Phi) is 9.97. The Hall–Kier alpha value is -2.60. The van der Waals surface area contributed by atoms with Crippen molar-refractivity contribution in [2.75, 3.05) is 64.2 Å². The summed E-state index contributed by atoms with van der Waals surface area (Å²) in [5, 5.41) is 18.8. The number of nitrogens with zero attached hydrogens (tertiary/aromatic N) is 6. The van der Waals surface area contributed by atoms with Gasteiger partial charge >= 0.3 is 7.12 Å². The highest BCUT2D eigenvalue weighted by Crippen LogP contribution is 2.37. The first-order chi connectivity index (χ1) is 19.8. The highest BCUT2D eigenvalue weighted by Gasteiger charge is 2.51. The molecule has 2 atom stereocenters. The molecule has 0 radical (unpaired) electrons. The lowest BCUT2D eigenvalue weighted by molar-refractivity contribution is 0.00578. The van der Waals surface area contributed by atoms with E-state index < -0.39 is 7.12 Å². The average molecular weight is 635 g/mol. The molecule has 3 aliphatic rings. The summed E-state index contributed by atoms with van der Waals surface area (Å²) in [6.07, 6.45) is 2.28. The summed E-state index contributed by atoms with van der Waals surface area (Å²) in [5.74, 6) is 0. The highest BCUT2D eigenvalue weighted by atomic mass is 79.9. The molecule has 2 aromatic carbocycles. The van der Waals surface area contributed by atoms with Gasteiger partial charge in [-0.15, -0.1) is 0 Å². The molecule has 2 aromatic rings. The molecule has 5 rings (SSSR count). The third-order valence-electron chi connectivity index (χ3n) is 9.21. The molecule has 0 saturated carbocycles. The Bertz CT molecular complexity index is 1340. The van der Waals surface area contributed by atoms with E-state index in [4.69, 9.17) is 9.31 Å². The van der Waals surface area contributed by atoms with Crippen molar-refractivity contribution in [2.24, 2.45) is 0 Å². The fraction of sp³-hybridized carbons (Fsp3) is 0.562. The molecule has 224 valence electrons. The minimum atomic E-state index is -0.431. The maximum absolute atomic E-state index is 9.66. The van der Waals surface area contributed by atoms with Gasteiger partial charge in [0.1, 0.15) is 12.1 Å². The summed E-state index contributed by atoms with van der Waals surface area (Å²) < 4.78 is 13.2. The van der Waals surface area contributed by atoms with Gasteiger partial charge in [0.25, 0.3) is 0 Å². The smallest absolute Gasteiger partial charge is 0.399 e. The zero-order valence-electron chi connectivity index (χ0n) is 26.3. The normalized spacial score (nSPS) is 22.7. The molecule has 8 nitrogen and oxygen atoms in total. The summed E-state index contributed by atoms with van der Waals surface area (Å²) in [6.45, 7) is 12.1. The maximum Gasteiger partial charge on any atom is 0.494 e. The van der Waals surface area contributed by atoms with Gasteiger partial charge in [-0.25, -0.2) is 0 Å². The van der Waals surface area contributed by atoms with Gasteiger partial charge in [-0.3, -0.25) is 0 Å². The molecule has 3 fully saturated rings. The Morgan fingerprint density at radius 1 is 0.786 bits per heavy atom. The van der Waals surface area contributed by atoms with Gasteiger partial charge < -0.3 is 28.9 Å². The van der Waals surface area contributed by atoms with Crippen LogP contribution >= 0.6 is 15.9 Å². The molecule has 10 heteroatoms. The minimum Gasteiger partial charge on any atom is -0.399 e. The molecular weight excluding hydrogens is 591 g/mol. The molecule has 42 heavy (non-hydrogen) atoms. The number of hydrogen-bond donors (Lipinski definition) is 0. The quantitative estimate of drug-likeness (QED) is 0.446. The molecular formula is C32H44BBrN6O2. The summed E-state index contributed by atoms with van der Waals surface area (Å²) in [6, 6.07) is 17.7. The first kappa shape index (κ1) is 32.3. The van der Waals surface area contributed by atoms with E-state index >= 15 is 0 Å². The van der Waals surface area contributed by atoms with E-state index in [9.17, 15) is 10.5 Å². The van der Waals surface area contributed by atoms with E-state index in [1.54, 1.807) is 0 Å². The number of hydrogen-bond acceptors (Lipinski definition) is 8. The van der Waals surface area contributed by atoms with Crippen molar-refractivity contribution in [3.63, 3.8) is 0 Å². The van der Waals surface area contributed by atoms with Crippen molar-refractivity contribution < 1.29 is 9.31 Å². The van der Waals surface area contributed by atoms with E-state index in [0.717, 1.165) is 65.9 Å². The lowest BCUT2D eigenvalue weighted by atomic mass is 9.78. The lowest BCUT2D eigenvalue weighted by Crippen LogP contribution is -2.41. The van der Waals surface area contributed by atoms with Crippen LogP contribution in [0.3, 0.4) is 0 Å². The van der Waals surface area contributed by atoms with Gasteiger partial charge in [0.15, 0.2) is 0 Å². The van der Waals surface area contributed by atoms with Crippen LogP contribution in [0.4, 0.5) is 11.4 Å². The second-order valence-electron chi connectivity index (χ2n) is 13.0. The van der Waals surface area contributed by atoms with Crippen LogP contribution < -0.4 is 15.3 Å². The Morgan fingerprint density at radius 3 is 1.67 bits per heavy atom. The molecule has 0 amide bonds. The lowest BCUT2D eigenvalue weighted by Gasteiger charge is -2.32. The third-order valence-corrected chi connectivity index (χ3v) is 9.71. The van der Waals surface area contributed by atoms with Gasteiger partial charge in [-0.2, -0.15) is 10.5 Å².